The maximum absolute atomic E-state index is 11.6. The van der Waals surface area contributed by atoms with Gasteiger partial charge in [0, 0.05) is 5.92 Å². The zero-order chi connectivity index (χ0) is 13.8. The summed E-state index contributed by atoms with van der Waals surface area (Å²) in [5.74, 6) is -0.856. The molecule has 6 heteroatoms. The number of aliphatic carboxylic acids is 1. The number of rotatable bonds is 4. The highest BCUT2D eigenvalue weighted by molar-refractivity contribution is 7.07. The van der Waals surface area contributed by atoms with Crippen LogP contribution in [0.15, 0.2) is 4.79 Å². The molecule has 1 aliphatic rings. The Morgan fingerprint density at radius 2 is 2.26 bits per heavy atom. The molecule has 0 radical (unpaired) electrons. The lowest BCUT2D eigenvalue weighted by Gasteiger charge is -2.28. The third-order valence-electron chi connectivity index (χ3n) is 3.25. The molecule has 0 aromatic carbocycles. The van der Waals surface area contributed by atoms with Crippen LogP contribution in [0.3, 0.4) is 0 Å². The Morgan fingerprint density at radius 1 is 1.53 bits per heavy atom. The summed E-state index contributed by atoms with van der Waals surface area (Å²) in [6.07, 6.45) is 5.68. The third-order valence-corrected chi connectivity index (χ3v) is 4.14. The Labute approximate surface area is 114 Å². The van der Waals surface area contributed by atoms with Crippen molar-refractivity contribution in [2.24, 2.45) is 5.92 Å². The molecule has 5 nitrogen and oxygen atoms in total. The molecule has 1 unspecified atom stereocenters. The van der Waals surface area contributed by atoms with Gasteiger partial charge in [-0.05, 0) is 12.8 Å². The number of hydrogen-bond acceptors (Lipinski definition) is 4. The van der Waals surface area contributed by atoms with E-state index in [-0.39, 0.29) is 24.2 Å². The molecule has 2 N–H and O–H groups in total. The van der Waals surface area contributed by atoms with Gasteiger partial charge in [0.25, 0.3) is 5.56 Å². The van der Waals surface area contributed by atoms with E-state index in [4.69, 9.17) is 9.84 Å². The molecular formula is C13H17NO4S. The first-order valence-corrected chi connectivity index (χ1v) is 7.11. The van der Waals surface area contributed by atoms with Gasteiger partial charge in [0.05, 0.1) is 15.3 Å². The van der Waals surface area contributed by atoms with Crippen LogP contribution >= 0.6 is 11.3 Å². The molecule has 1 heterocycles. The molecule has 19 heavy (non-hydrogen) atoms. The van der Waals surface area contributed by atoms with Crippen molar-refractivity contribution < 1.29 is 14.6 Å². The van der Waals surface area contributed by atoms with Crippen LogP contribution in [0.2, 0.25) is 0 Å². The summed E-state index contributed by atoms with van der Waals surface area (Å²) in [7, 11) is 0. The van der Waals surface area contributed by atoms with Crippen LogP contribution in [0.4, 0.5) is 0 Å². The minimum Gasteiger partial charge on any atom is -0.480 e. The van der Waals surface area contributed by atoms with Crippen LogP contribution in [0.1, 0.15) is 25.7 Å². The van der Waals surface area contributed by atoms with Crippen molar-refractivity contribution in [2.75, 3.05) is 6.61 Å². The van der Waals surface area contributed by atoms with E-state index in [0.29, 0.717) is 9.20 Å². The molecule has 104 valence electrons. The summed E-state index contributed by atoms with van der Waals surface area (Å²) < 4.78 is 6.70. The van der Waals surface area contributed by atoms with Crippen molar-refractivity contribution in [3.63, 3.8) is 0 Å². The number of ether oxygens (including phenoxy) is 1. The molecule has 1 fully saturated rings. The second kappa shape index (κ2) is 6.16. The second-order valence-electron chi connectivity index (χ2n) is 4.70. The number of hydrogen-bond donors (Lipinski definition) is 2. The van der Waals surface area contributed by atoms with E-state index in [1.807, 2.05) is 6.08 Å². The summed E-state index contributed by atoms with van der Waals surface area (Å²) in [6, 6.07) is 0. The molecule has 0 aliphatic heterocycles. The van der Waals surface area contributed by atoms with E-state index in [0.717, 1.165) is 25.7 Å². The summed E-state index contributed by atoms with van der Waals surface area (Å²) in [4.78, 5) is 24.9. The van der Waals surface area contributed by atoms with E-state index in [2.05, 4.69) is 11.6 Å². The van der Waals surface area contributed by atoms with Gasteiger partial charge in [-0.2, -0.15) is 0 Å². The first-order valence-electron chi connectivity index (χ1n) is 6.29. The van der Waals surface area contributed by atoms with E-state index in [1.165, 1.54) is 11.3 Å². The predicted molar refractivity (Wildman–Crippen MR) is 73.5 cm³/mol. The van der Waals surface area contributed by atoms with Crippen molar-refractivity contribution in [3.05, 3.63) is 19.5 Å². The molecule has 0 spiro atoms. The van der Waals surface area contributed by atoms with Crippen molar-refractivity contribution in [1.82, 2.24) is 4.98 Å². The SMILES string of the molecule is C=c1[nH]c(=O)/c(=C/[C@H]2CCCCC2OCC(=O)O)s1. The van der Waals surface area contributed by atoms with Crippen LogP contribution < -0.4 is 14.8 Å². The Morgan fingerprint density at radius 3 is 2.89 bits per heavy atom. The molecule has 0 amide bonds. The highest BCUT2D eigenvalue weighted by Gasteiger charge is 2.24. The van der Waals surface area contributed by atoms with Gasteiger partial charge < -0.3 is 14.8 Å². The highest BCUT2D eigenvalue weighted by Crippen LogP contribution is 2.27. The van der Waals surface area contributed by atoms with Crippen LogP contribution in [-0.2, 0) is 9.53 Å². The van der Waals surface area contributed by atoms with Crippen LogP contribution in [0, 0.1) is 5.92 Å². The minimum atomic E-state index is -0.960. The number of aromatic nitrogens is 1. The maximum Gasteiger partial charge on any atom is 0.329 e. The minimum absolute atomic E-state index is 0.104. The fraction of sp³-hybridized carbons (Fsp3) is 0.538. The Bertz CT molecular complexity index is 603. The van der Waals surface area contributed by atoms with Crippen LogP contribution in [0.25, 0.3) is 12.7 Å². The molecule has 0 bridgehead atoms. The fourth-order valence-electron chi connectivity index (χ4n) is 2.40. The number of carboxylic acids is 1. The first-order chi connectivity index (χ1) is 9.06. The topological polar surface area (TPSA) is 79.4 Å². The van der Waals surface area contributed by atoms with E-state index in [9.17, 15) is 9.59 Å². The summed E-state index contributed by atoms with van der Waals surface area (Å²) in [6.45, 7) is 3.43. The fourth-order valence-corrected chi connectivity index (χ4v) is 3.19. The number of aromatic amines is 1. The van der Waals surface area contributed by atoms with Crippen LogP contribution in [0.5, 0.6) is 0 Å². The van der Waals surface area contributed by atoms with E-state index < -0.39 is 5.97 Å². The largest absolute Gasteiger partial charge is 0.480 e. The first kappa shape index (κ1) is 14.0. The van der Waals surface area contributed by atoms with Gasteiger partial charge in [0.15, 0.2) is 0 Å². The highest BCUT2D eigenvalue weighted by atomic mass is 32.1. The summed E-state index contributed by atoms with van der Waals surface area (Å²) >= 11 is 1.33. The van der Waals surface area contributed by atoms with Gasteiger partial charge >= 0.3 is 5.97 Å². The number of carboxylic acid groups (broad SMARTS) is 1. The lowest BCUT2D eigenvalue weighted by molar-refractivity contribution is -0.145. The maximum atomic E-state index is 11.6. The normalized spacial score (nSPS) is 24.5. The number of thiazole rings is 1. The average Bonchev–Trinajstić information content (AvgIpc) is 2.67. The van der Waals surface area contributed by atoms with Gasteiger partial charge in [-0.15, -0.1) is 11.3 Å². The predicted octanol–water partition coefficient (Wildman–Crippen LogP) is 0.287. The van der Waals surface area contributed by atoms with Crippen LogP contribution in [-0.4, -0.2) is 28.8 Å². The zero-order valence-electron chi connectivity index (χ0n) is 10.6. The summed E-state index contributed by atoms with van der Waals surface area (Å²) in [5, 5.41) is 8.67. The van der Waals surface area contributed by atoms with Crippen molar-refractivity contribution in [2.45, 2.75) is 31.8 Å². The molecular weight excluding hydrogens is 266 g/mol. The molecule has 1 saturated carbocycles. The second-order valence-corrected chi connectivity index (χ2v) is 5.84. The lowest BCUT2D eigenvalue weighted by atomic mass is 9.86. The standard InChI is InChI=1S/C13H17NO4S/c1-8-14-13(17)11(19-8)6-9-4-2-3-5-10(9)18-7-12(15)16/h6,9-10H,1-5,7H2,(H,14,17)(H,15,16)/b11-6-/t9-,10?/m1/s1. The van der Waals surface area contributed by atoms with E-state index >= 15 is 0 Å². The van der Waals surface area contributed by atoms with E-state index in [1.54, 1.807) is 0 Å². The number of nitrogens with one attached hydrogen (secondary N) is 1. The monoisotopic (exact) mass is 283 g/mol. The number of H-pyrrole nitrogens is 1. The molecule has 1 aromatic rings. The quantitative estimate of drug-likeness (QED) is 0.832. The van der Waals surface area contributed by atoms with Crippen molar-refractivity contribution in [1.29, 1.82) is 0 Å². The van der Waals surface area contributed by atoms with Crippen molar-refractivity contribution >= 4 is 30.0 Å². The molecule has 2 rings (SSSR count). The number of carbonyl (C=O) groups is 1. The van der Waals surface area contributed by atoms with Gasteiger partial charge in [0.1, 0.15) is 6.61 Å². The smallest absolute Gasteiger partial charge is 0.329 e. The molecule has 0 saturated heterocycles. The van der Waals surface area contributed by atoms with Gasteiger partial charge in [-0.25, -0.2) is 4.79 Å². The lowest BCUT2D eigenvalue weighted by Crippen LogP contribution is -2.31. The Hall–Kier alpha value is -1.40. The Kier molecular flexibility index (Phi) is 4.55. The third kappa shape index (κ3) is 3.78. The van der Waals surface area contributed by atoms with Crippen molar-refractivity contribution in [3.8, 4) is 0 Å². The molecule has 2 atom stereocenters. The zero-order valence-corrected chi connectivity index (χ0v) is 11.4. The molecule has 1 aromatic heterocycles. The van der Waals surface area contributed by atoms with Gasteiger partial charge in [0.2, 0.25) is 0 Å². The summed E-state index contributed by atoms with van der Waals surface area (Å²) in [5.41, 5.74) is -0.127. The Balaban J connectivity index is 2.18. The van der Waals surface area contributed by atoms with Gasteiger partial charge in [-0.3, -0.25) is 4.79 Å². The van der Waals surface area contributed by atoms with Gasteiger partial charge in [-0.1, -0.05) is 25.5 Å². The average molecular weight is 283 g/mol. The molecule has 1 aliphatic carbocycles.